The van der Waals surface area contributed by atoms with Gasteiger partial charge in [0.25, 0.3) is 15.9 Å². The fourth-order valence-electron chi connectivity index (χ4n) is 4.26. The molecule has 11 heteroatoms. The number of rotatable bonds is 7. The lowest BCUT2D eigenvalue weighted by molar-refractivity contribution is -0.141. The predicted molar refractivity (Wildman–Crippen MR) is 146 cm³/mol. The van der Waals surface area contributed by atoms with Gasteiger partial charge in [-0.05, 0) is 60.9 Å². The number of carbonyl (C=O) groups is 2. The summed E-state index contributed by atoms with van der Waals surface area (Å²) < 4.78 is 69.2. The topological polar surface area (TPSA) is 98.1 Å². The molecule has 0 bridgehead atoms. The van der Waals surface area contributed by atoms with E-state index in [1.54, 1.807) is 36.4 Å². The van der Waals surface area contributed by atoms with Gasteiger partial charge in [0.1, 0.15) is 0 Å². The van der Waals surface area contributed by atoms with E-state index in [1.807, 2.05) is 16.9 Å². The Morgan fingerprint density at radius 1 is 0.829 bits per heavy atom. The van der Waals surface area contributed by atoms with Crippen LogP contribution in [0.5, 0.6) is 0 Å². The minimum absolute atomic E-state index is 0.0180. The Morgan fingerprint density at radius 2 is 1.46 bits per heavy atom. The third kappa shape index (κ3) is 6.04. The minimum Gasteiger partial charge on any atom is -0.289 e. The quantitative estimate of drug-likeness (QED) is 0.273. The number of alkyl halides is 3. The van der Waals surface area contributed by atoms with Gasteiger partial charge < -0.3 is 0 Å². The third-order valence-corrected chi connectivity index (χ3v) is 7.70. The molecule has 208 valence electrons. The van der Waals surface area contributed by atoms with Crippen molar-refractivity contribution >= 4 is 27.3 Å². The summed E-state index contributed by atoms with van der Waals surface area (Å²) in [7, 11) is -4.32. The Hall–Kier alpha value is -4.77. The van der Waals surface area contributed by atoms with Crippen LogP contribution in [-0.2, 0) is 16.2 Å². The molecule has 0 unspecified atom stereocenters. The Kier molecular flexibility index (Phi) is 7.46. The monoisotopic (exact) mass is 577 g/mol. The fraction of sp³-hybridized carbons (Fsp3) is 0.100. The van der Waals surface area contributed by atoms with E-state index in [1.165, 1.54) is 48.5 Å². The zero-order valence-electron chi connectivity index (χ0n) is 21.3. The van der Waals surface area contributed by atoms with Crippen molar-refractivity contribution in [3.8, 4) is 5.69 Å². The number of halogens is 3. The Balaban J connectivity index is 1.35. The summed E-state index contributed by atoms with van der Waals surface area (Å²) in [6.45, 7) is 0. The van der Waals surface area contributed by atoms with Crippen molar-refractivity contribution in [1.82, 2.24) is 14.5 Å². The lowest BCUT2D eigenvalue weighted by Gasteiger charge is -2.12. The average Bonchev–Trinajstić information content (AvgIpc) is 3.44. The molecule has 0 saturated heterocycles. The van der Waals surface area contributed by atoms with Crippen molar-refractivity contribution in [2.24, 2.45) is 0 Å². The van der Waals surface area contributed by atoms with Gasteiger partial charge in [-0.3, -0.25) is 9.59 Å². The van der Waals surface area contributed by atoms with Crippen LogP contribution in [0.3, 0.4) is 0 Å². The highest BCUT2D eigenvalue weighted by atomic mass is 32.2. The molecule has 0 radical (unpaired) electrons. The standard InChI is InChI=1S/C30H22F3N3O4S/c31-30(32,33)27-19-26(20-7-3-1-4-8-20)36(34-27)24-15-17-25(18-16-24)41(39,40)35-29(38)23-13-11-22(12-14-23)28(37)21-9-5-2-6-10-21/h2-3,5-19H,1,4H2,(H,35,38). The maximum Gasteiger partial charge on any atom is 0.435 e. The molecule has 1 amide bonds. The molecule has 5 rings (SSSR count). The highest BCUT2D eigenvalue weighted by Gasteiger charge is 2.35. The number of allylic oxidation sites excluding steroid dienone is 4. The third-order valence-electron chi connectivity index (χ3n) is 6.35. The van der Waals surface area contributed by atoms with E-state index in [0.717, 1.165) is 17.2 Å². The number of nitrogens with zero attached hydrogens (tertiary/aromatic N) is 2. The number of sulfonamides is 1. The van der Waals surface area contributed by atoms with Crippen molar-refractivity contribution in [3.63, 3.8) is 0 Å². The lowest BCUT2D eigenvalue weighted by Crippen LogP contribution is -2.30. The molecular formula is C30H22F3N3O4S. The van der Waals surface area contributed by atoms with Crippen LogP contribution >= 0.6 is 0 Å². The summed E-state index contributed by atoms with van der Waals surface area (Å²) in [6, 6.07) is 20.0. The van der Waals surface area contributed by atoms with Crippen LogP contribution in [0.15, 0.2) is 108 Å². The predicted octanol–water partition coefficient (Wildman–Crippen LogP) is 5.97. The molecule has 0 fully saturated rings. The smallest absolute Gasteiger partial charge is 0.289 e. The molecule has 1 heterocycles. The molecule has 1 aliphatic rings. The first-order chi connectivity index (χ1) is 19.5. The summed E-state index contributed by atoms with van der Waals surface area (Å²) in [5.41, 5.74) is 0.736. The molecule has 7 nitrogen and oxygen atoms in total. The number of ketones is 1. The highest BCUT2D eigenvalue weighted by Crippen LogP contribution is 2.33. The second kappa shape index (κ2) is 11.0. The normalized spacial score (nSPS) is 13.5. The van der Waals surface area contributed by atoms with E-state index in [-0.39, 0.29) is 27.6 Å². The SMILES string of the molecule is O=C(NS(=O)(=O)c1ccc(-n2nc(C(F)(F)F)cc2C2=CCCC=C2)cc1)c1ccc(C(=O)c2ccccc2)cc1. The Bertz CT molecular complexity index is 1770. The molecule has 0 aliphatic heterocycles. The van der Waals surface area contributed by atoms with Crippen molar-refractivity contribution in [2.45, 2.75) is 23.9 Å². The van der Waals surface area contributed by atoms with Crippen LogP contribution in [0, 0.1) is 0 Å². The number of amides is 1. The lowest BCUT2D eigenvalue weighted by atomic mass is 10.0. The van der Waals surface area contributed by atoms with Gasteiger partial charge >= 0.3 is 6.18 Å². The molecule has 3 aromatic carbocycles. The first kappa shape index (κ1) is 27.8. The molecule has 1 N–H and O–H groups in total. The van der Waals surface area contributed by atoms with Crippen LogP contribution in [0.25, 0.3) is 11.3 Å². The van der Waals surface area contributed by atoms with Crippen LogP contribution < -0.4 is 4.72 Å². The number of nitrogens with one attached hydrogen (secondary N) is 1. The van der Waals surface area contributed by atoms with Crippen LogP contribution in [0.2, 0.25) is 0 Å². The van der Waals surface area contributed by atoms with Crippen LogP contribution in [0.1, 0.15) is 50.5 Å². The van der Waals surface area contributed by atoms with Gasteiger partial charge in [-0.1, -0.05) is 60.7 Å². The summed E-state index contributed by atoms with van der Waals surface area (Å²) >= 11 is 0. The highest BCUT2D eigenvalue weighted by molar-refractivity contribution is 7.90. The number of benzene rings is 3. The second-order valence-electron chi connectivity index (χ2n) is 9.16. The first-order valence-electron chi connectivity index (χ1n) is 12.4. The van der Waals surface area contributed by atoms with Crippen LogP contribution in [0.4, 0.5) is 13.2 Å². The number of aromatic nitrogens is 2. The maximum atomic E-state index is 13.4. The number of hydrogen-bond acceptors (Lipinski definition) is 5. The van der Waals surface area contributed by atoms with E-state index in [4.69, 9.17) is 0 Å². The Labute approximate surface area is 233 Å². The van der Waals surface area contributed by atoms with Gasteiger partial charge in [-0.25, -0.2) is 17.8 Å². The zero-order valence-corrected chi connectivity index (χ0v) is 22.1. The molecule has 0 atom stereocenters. The molecular weight excluding hydrogens is 555 g/mol. The summed E-state index contributed by atoms with van der Waals surface area (Å²) in [5.74, 6) is -1.16. The van der Waals surface area contributed by atoms with Gasteiger partial charge in [0.15, 0.2) is 11.5 Å². The van der Waals surface area contributed by atoms with Gasteiger partial charge in [0.05, 0.1) is 16.3 Å². The molecule has 4 aromatic rings. The van der Waals surface area contributed by atoms with E-state index < -0.39 is 27.8 Å². The van der Waals surface area contributed by atoms with Gasteiger partial charge in [0, 0.05) is 16.7 Å². The molecule has 1 aliphatic carbocycles. The first-order valence-corrected chi connectivity index (χ1v) is 13.9. The van der Waals surface area contributed by atoms with E-state index in [0.29, 0.717) is 23.1 Å². The summed E-state index contributed by atoms with van der Waals surface area (Å²) in [4.78, 5) is 25.0. The molecule has 41 heavy (non-hydrogen) atoms. The zero-order chi connectivity index (χ0) is 29.2. The van der Waals surface area contributed by atoms with Crippen molar-refractivity contribution in [2.75, 3.05) is 0 Å². The van der Waals surface area contributed by atoms with Crippen molar-refractivity contribution in [1.29, 1.82) is 0 Å². The van der Waals surface area contributed by atoms with Gasteiger partial charge in [0.2, 0.25) is 0 Å². The Morgan fingerprint density at radius 3 is 2.07 bits per heavy atom. The fourth-order valence-corrected chi connectivity index (χ4v) is 5.24. The number of carbonyl (C=O) groups excluding carboxylic acids is 2. The van der Waals surface area contributed by atoms with E-state index >= 15 is 0 Å². The second-order valence-corrected chi connectivity index (χ2v) is 10.8. The van der Waals surface area contributed by atoms with E-state index in [9.17, 15) is 31.2 Å². The molecule has 0 spiro atoms. The van der Waals surface area contributed by atoms with Gasteiger partial charge in [-0.15, -0.1) is 0 Å². The van der Waals surface area contributed by atoms with Crippen LogP contribution in [-0.4, -0.2) is 29.9 Å². The maximum absolute atomic E-state index is 13.4. The molecule has 0 saturated carbocycles. The number of hydrogen-bond donors (Lipinski definition) is 1. The largest absolute Gasteiger partial charge is 0.435 e. The van der Waals surface area contributed by atoms with Crippen molar-refractivity contribution in [3.05, 3.63) is 131 Å². The van der Waals surface area contributed by atoms with Gasteiger partial charge in [-0.2, -0.15) is 18.3 Å². The molecule has 1 aromatic heterocycles. The summed E-state index contributed by atoms with van der Waals surface area (Å²) in [6.07, 6.45) is 2.16. The van der Waals surface area contributed by atoms with Crippen molar-refractivity contribution < 1.29 is 31.2 Å². The average molecular weight is 578 g/mol. The summed E-state index contributed by atoms with van der Waals surface area (Å²) in [5, 5.41) is 3.72. The van der Waals surface area contributed by atoms with E-state index in [2.05, 4.69) is 5.10 Å². The minimum atomic E-state index is -4.67.